The highest BCUT2D eigenvalue weighted by molar-refractivity contribution is 7.89. The second kappa shape index (κ2) is 6.67. The van der Waals surface area contributed by atoms with Crippen molar-refractivity contribution in [2.24, 2.45) is 0 Å². The molecule has 1 aliphatic rings. The molecule has 1 saturated carbocycles. The Labute approximate surface area is 135 Å². The maximum Gasteiger partial charge on any atom is 0.337 e. The summed E-state index contributed by atoms with van der Waals surface area (Å²) < 4.78 is 36.2. The summed E-state index contributed by atoms with van der Waals surface area (Å²) in [5.41, 5.74) is -0.0262. The summed E-state index contributed by atoms with van der Waals surface area (Å²) in [4.78, 5) is 23.4. The smallest absolute Gasteiger partial charge is 0.337 e. The summed E-state index contributed by atoms with van der Waals surface area (Å²) in [7, 11) is -1.43. The minimum atomic E-state index is -3.80. The standard InChI is InChI=1S/C15H19NO6S/c1-4-16(12-5-6-12)23(19,20)13-8-10(14(17)21-2)7-11(9-13)15(18)22-3/h7-9,12H,4-6H2,1-3H3. The molecule has 1 fully saturated rings. The number of esters is 2. The highest BCUT2D eigenvalue weighted by atomic mass is 32.2. The molecule has 0 N–H and O–H groups in total. The van der Waals surface area contributed by atoms with Crippen molar-refractivity contribution in [1.29, 1.82) is 0 Å². The molecule has 0 spiro atoms. The minimum absolute atomic E-state index is 0.0131. The Morgan fingerprint density at radius 3 is 1.91 bits per heavy atom. The van der Waals surface area contributed by atoms with Gasteiger partial charge in [-0.2, -0.15) is 4.31 Å². The Morgan fingerprint density at radius 2 is 1.57 bits per heavy atom. The fraction of sp³-hybridized carbons (Fsp3) is 0.467. The molecule has 23 heavy (non-hydrogen) atoms. The van der Waals surface area contributed by atoms with Gasteiger partial charge in [0.2, 0.25) is 10.0 Å². The fourth-order valence-corrected chi connectivity index (χ4v) is 4.11. The predicted octanol–water partition coefficient (Wildman–Crippen LogP) is 1.43. The Kier molecular flexibility index (Phi) is 5.06. The molecule has 1 aromatic carbocycles. The van der Waals surface area contributed by atoms with Crippen LogP contribution in [0.3, 0.4) is 0 Å². The first-order chi connectivity index (χ1) is 10.8. The number of methoxy groups -OCH3 is 2. The molecule has 0 atom stereocenters. The molecular weight excluding hydrogens is 322 g/mol. The Hall–Kier alpha value is -1.93. The molecule has 8 heteroatoms. The van der Waals surface area contributed by atoms with Crippen molar-refractivity contribution >= 4 is 22.0 Å². The second-order valence-corrected chi connectivity index (χ2v) is 7.06. The third kappa shape index (κ3) is 3.53. The van der Waals surface area contributed by atoms with E-state index in [9.17, 15) is 18.0 Å². The number of hydrogen-bond acceptors (Lipinski definition) is 6. The van der Waals surface area contributed by atoms with Crippen LogP contribution in [0.15, 0.2) is 23.1 Å². The lowest BCUT2D eigenvalue weighted by atomic mass is 10.1. The fourth-order valence-electron chi connectivity index (χ4n) is 2.34. The van der Waals surface area contributed by atoms with E-state index in [-0.39, 0.29) is 22.1 Å². The molecule has 0 saturated heterocycles. The zero-order valence-corrected chi connectivity index (χ0v) is 14.1. The van der Waals surface area contributed by atoms with Gasteiger partial charge in [0.05, 0.1) is 30.2 Å². The summed E-state index contributed by atoms with van der Waals surface area (Å²) in [6.45, 7) is 2.07. The molecule has 0 amide bonds. The van der Waals surface area contributed by atoms with Crippen molar-refractivity contribution in [2.45, 2.75) is 30.7 Å². The van der Waals surface area contributed by atoms with E-state index in [2.05, 4.69) is 9.47 Å². The van der Waals surface area contributed by atoms with E-state index in [1.807, 2.05) is 0 Å². The summed E-state index contributed by atoms with van der Waals surface area (Å²) in [5, 5.41) is 0. The number of sulfonamides is 1. The van der Waals surface area contributed by atoms with E-state index in [4.69, 9.17) is 0 Å². The van der Waals surface area contributed by atoms with Crippen LogP contribution in [0, 0.1) is 0 Å². The molecule has 0 radical (unpaired) electrons. The summed E-state index contributed by atoms with van der Waals surface area (Å²) in [5.74, 6) is -1.44. The summed E-state index contributed by atoms with van der Waals surface area (Å²) in [6.07, 6.45) is 1.63. The monoisotopic (exact) mass is 341 g/mol. The zero-order valence-electron chi connectivity index (χ0n) is 13.2. The maximum atomic E-state index is 12.8. The molecular formula is C15H19NO6S. The SMILES string of the molecule is CCN(C1CC1)S(=O)(=O)c1cc(C(=O)OC)cc(C(=O)OC)c1. The quantitative estimate of drug-likeness (QED) is 0.727. The van der Waals surface area contributed by atoms with Gasteiger partial charge in [-0.3, -0.25) is 0 Å². The molecule has 126 valence electrons. The van der Waals surface area contributed by atoms with Crippen LogP contribution < -0.4 is 0 Å². The first-order valence-corrected chi connectivity index (χ1v) is 8.62. The molecule has 2 rings (SSSR count). The topological polar surface area (TPSA) is 90.0 Å². The van der Waals surface area contributed by atoms with Crippen molar-refractivity contribution < 1.29 is 27.5 Å². The van der Waals surface area contributed by atoms with Gasteiger partial charge in [0.1, 0.15) is 0 Å². The number of nitrogens with zero attached hydrogens (tertiary/aromatic N) is 1. The molecule has 1 aliphatic carbocycles. The first kappa shape index (κ1) is 17.4. The summed E-state index contributed by atoms with van der Waals surface area (Å²) in [6, 6.07) is 3.68. The Morgan fingerprint density at radius 1 is 1.09 bits per heavy atom. The number of carbonyl (C=O) groups is 2. The van der Waals surface area contributed by atoms with E-state index >= 15 is 0 Å². The van der Waals surface area contributed by atoms with Gasteiger partial charge in [-0.1, -0.05) is 6.92 Å². The van der Waals surface area contributed by atoms with Gasteiger partial charge in [0.15, 0.2) is 0 Å². The van der Waals surface area contributed by atoms with E-state index in [1.54, 1.807) is 6.92 Å². The van der Waals surface area contributed by atoms with Crippen LogP contribution >= 0.6 is 0 Å². The number of ether oxygens (including phenoxy) is 2. The highest BCUT2D eigenvalue weighted by Crippen LogP contribution is 2.32. The molecule has 0 aromatic heterocycles. The van der Waals surface area contributed by atoms with Gasteiger partial charge >= 0.3 is 11.9 Å². The van der Waals surface area contributed by atoms with Gasteiger partial charge in [0.25, 0.3) is 0 Å². The Bertz CT molecular complexity index is 689. The van der Waals surface area contributed by atoms with Crippen molar-refractivity contribution in [2.75, 3.05) is 20.8 Å². The van der Waals surface area contributed by atoms with Crippen LogP contribution in [0.1, 0.15) is 40.5 Å². The van der Waals surface area contributed by atoms with Crippen LogP contribution in [0.4, 0.5) is 0 Å². The van der Waals surface area contributed by atoms with Crippen molar-refractivity contribution in [3.8, 4) is 0 Å². The lowest BCUT2D eigenvalue weighted by Gasteiger charge is -2.20. The number of benzene rings is 1. The molecule has 1 aromatic rings. The van der Waals surface area contributed by atoms with Crippen LogP contribution in [0.5, 0.6) is 0 Å². The average molecular weight is 341 g/mol. The van der Waals surface area contributed by atoms with Crippen LogP contribution in [0.2, 0.25) is 0 Å². The predicted molar refractivity (Wildman–Crippen MR) is 81.7 cm³/mol. The molecule has 0 unspecified atom stereocenters. The van der Waals surface area contributed by atoms with Gasteiger partial charge in [-0.25, -0.2) is 18.0 Å². The number of hydrogen-bond donors (Lipinski definition) is 0. The van der Waals surface area contributed by atoms with Gasteiger partial charge in [-0.15, -0.1) is 0 Å². The third-order valence-electron chi connectivity index (χ3n) is 3.62. The van der Waals surface area contributed by atoms with Crippen LogP contribution in [-0.2, 0) is 19.5 Å². The minimum Gasteiger partial charge on any atom is -0.465 e. The first-order valence-electron chi connectivity index (χ1n) is 7.18. The highest BCUT2D eigenvalue weighted by Gasteiger charge is 2.37. The van der Waals surface area contributed by atoms with Crippen molar-refractivity contribution in [1.82, 2.24) is 4.31 Å². The molecule has 0 bridgehead atoms. The van der Waals surface area contributed by atoms with Crippen LogP contribution in [-0.4, -0.2) is 51.5 Å². The number of carbonyl (C=O) groups excluding carboxylic acids is 2. The van der Waals surface area contributed by atoms with Crippen molar-refractivity contribution in [3.05, 3.63) is 29.3 Å². The lowest BCUT2D eigenvalue weighted by molar-refractivity contribution is 0.0598. The third-order valence-corrected chi connectivity index (χ3v) is 5.63. The van der Waals surface area contributed by atoms with E-state index < -0.39 is 22.0 Å². The van der Waals surface area contributed by atoms with Crippen LogP contribution in [0.25, 0.3) is 0 Å². The largest absolute Gasteiger partial charge is 0.465 e. The average Bonchev–Trinajstić information content (AvgIpc) is 3.38. The van der Waals surface area contributed by atoms with Crippen molar-refractivity contribution in [3.63, 3.8) is 0 Å². The molecule has 0 aliphatic heterocycles. The van der Waals surface area contributed by atoms with E-state index in [1.165, 1.54) is 36.7 Å². The zero-order chi connectivity index (χ0) is 17.2. The second-order valence-electron chi connectivity index (χ2n) is 5.17. The normalized spacial score (nSPS) is 14.6. The van der Waals surface area contributed by atoms with E-state index in [0.29, 0.717) is 6.54 Å². The van der Waals surface area contributed by atoms with Gasteiger partial charge in [-0.05, 0) is 31.0 Å². The summed E-state index contributed by atoms with van der Waals surface area (Å²) >= 11 is 0. The molecule has 7 nitrogen and oxygen atoms in total. The van der Waals surface area contributed by atoms with Gasteiger partial charge in [0, 0.05) is 12.6 Å². The lowest BCUT2D eigenvalue weighted by Crippen LogP contribution is -2.33. The number of rotatable bonds is 6. The molecule has 0 heterocycles. The van der Waals surface area contributed by atoms with Gasteiger partial charge < -0.3 is 9.47 Å². The Balaban J connectivity index is 2.55. The maximum absolute atomic E-state index is 12.8. The van der Waals surface area contributed by atoms with E-state index in [0.717, 1.165) is 12.8 Å².